The minimum absolute atomic E-state index is 0.0663. The molecule has 0 spiro atoms. The SMILES string of the molecule is COc1ccc(-c2c(-c3ccc(OC)cc3)c3c(-c4ncccc4C)cccc3n(C)c2=O)cc1. The number of aromatic nitrogens is 2. The molecule has 5 heteroatoms. The number of methoxy groups -OCH3 is 2. The second-order valence-corrected chi connectivity index (χ2v) is 8.44. The van der Waals surface area contributed by atoms with Crippen LogP contribution in [0.4, 0.5) is 0 Å². The van der Waals surface area contributed by atoms with E-state index in [-0.39, 0.29) is 5.56 Å². The maximum Gasteiger partial charge on any atom is 0.259 e. The van der Waals surface area contributed by atoms with Crippen LogP contribution >= 0.6 is 0 Å². The van der Waals surface area contributed by atoms with Crippen molar-refractivity contribution in [3.8, 4) is 45.0 Å². The van der Waals surface area contributed by atoms with Crippen molar-refractivity contribution in [3.05, 3.63) is 101 Å². The summed E-state index contributed by atoms with van der Waals surface area (Å²) >= 11 is 0. The molecule has 0 N–H and O–H groups in total. The molecule has 5 aromatic rings. The standard InChI is InChI=1S/C30H26N2O3/c1-19-7-6-18-31-29(19)24-8-5-9-25-28(24)26(20-10-14-22(34-3)15-11-20)27(30(33)32(25)2)21-12-16-23(35-4)17-13-21/h5-18H,1-4H3. The van der Waals surface area contributed by atoms with Crippen LogP contribution in [0, 0.1) is 6.92 Å². The molecule has 0 aliphatic heterocycles. The smallest absolute Gasteiger partial charge is 0.259 e. The minimum atomic E-state index is -0.0663. The van der Waals surface area contributed by atoms with Crippen LogP contribution in [-0.2, 0) is 7.05 Å². The van der Waals surface area contributed by atoms with Gasteiger partial charge in [0.2, 0.25) is 0 Å². The Labute approximate surface area is 204 Å². The van der Waals surface area contributed by atoms with E-state index in [9.17, 15) is 4.79 Å². The molecule has 174 valence electrons. The van der Waals surface area contributed by atoms with Gasteiger partial charge in [-0.3, -0.25) is 9.78 Å². The molecule has 0 saturated carbocycles. The Morgan fingerprint density at radius 2 is 1.34 bits per heavy atom. The summed E-state index contributed by atoms with van der Waals surface area (Å²) in [5.41, 5.74) is 6.99. The summed E-state index contributed by atoms with van der Waals surface area (Å²) < 4.78 is 12.5. The van der Waals surface area contributed by atoms with E-state index in [0.717, 1.165) is 55.9 Å². The Balaban J connectivity index is 1.97. The van der Waals surface area contributed by atoms with Crippen LogP contribution in [0.1, 0.15) is 5.56 Å². The first-order valence-corrected chi connectivity index (χ1v) is 11.4. The summed E-state index contributed by atoms with van der Waals surface area (Å²) in [6.45, 7) is 2.06. The predicted molar refractivity (Wildman–Crippen MR) is 141 cm³/mol. The Bertz CT molecular complexity index is 1580. The fourth-order valence-electron chi connectivity index (χ4n) is 4.63. The normalized spacial score (nSPS) is 11.0. The number of aryl methyl sites for hydroxylation is 2. The maximum atomic E-state index is 13.9. The summed E-state index contributed by atoms with van der Waals surface area (Å²) in [4.78, 5) is 18.6. The molecule has 0 bridgehead atoms. The molecule has 3 aromatic carbocycles. The van der Waals surface area contributed by atoms with Crippen molar-refractivity contribution in [3.63, 3.8) is 0 Å². The average molecular weight is 463 g/mol. The first-order valence-electron chi connectivity index (χ1n) is 11.4. The van der Waals surface area contributed by atoms with E-state index in [4.69, 9.17) is 14.5 Å². The lowest BCUT2D eigenvalue weighted by Gasteiger charge is -2.20. The van der Waals surface area contributed by atoms with Gasteiger partial charge in [0.1, 0.15) is 11.5 Å². The highest BCUT2D eigenvalue weighted by Crippen LogP contribution is 2.41. The molecule has 0 fully saturated rings. The van der Waals surface area contributed by atoms with Crippen LogP contribution < -0.4 is 15.0 Å². The van der Waals surface area contributed by atoms with E-state index < -0.39 is 0 Å². The second-order valence-electron chi connectivity index (χ2n) is 8.44. The fourth-order valence-corrected chi connectivity index (χ4v) is 4.63. The second kappa shape index (κ2) is 9.11. The molecule has 0 atom stereocenters. The third kappa shape index (κ3) is 3.85. The third-order valence-electron chi connectivity index (χ3n) is 6.44. The Kier molecular flexibility index (Phi) is 5.83. The van der Waals surface area contributed by atoms with E-state index in [2.05, 4.69) is 19.1 Å². The average Bonchev–Trinajstić information content (AvgIpc) is 2.91. The van der Waals surface area contributed by atoms with Gasteiger partial charge in [-0.05, 0) is 60.0 Å². The van der Waals surface area contributed by atoms with Gasteiger partial charge in [0.05, 0.1) is 31.0 Å². The fraction of sp³-hybridized carbons (Fsp3) is 0.133. The van der Waals surface area contributed by atoms with E-state index >= 15 is 0 Å². The molecular weight excluding hydrogens is 436 g/mol. The number of ether oxygens (including phenoxy) is 2. The summed E-state index contributed by atoms with van der Waals surface area (Å²) in [5, 5.41) is 0.979. The molecule has 0 aliphatic rings. The van der Waals surface area contributed by atoms with Crippen LogP contribution in [0.3, 0.4) is 0 Å². The van der Waals surface area contributed by atoms with Crippen molar-refractivity contribution in [1.29, 1.82) is 0 Å². The van der Waals surface area contributed by atoms with Crippen molar-refractivity contribution < 1.29 is 9.47 Å². The zero-order valence-electron chi connectivity index (χ0n) is 20.2. The molecule has 35 heavy (non-hydrogen) atoms. The van der Waals surface area contributed by atoms with Gasteiger partial charge in [-0.15, -0.1) is 0 Å². The van der Waals surface area contributed by atoms with Crippen LogP contribution in [0.15, 0.2) is 89.9 Å². The van der Waals surface area contributed by atoms with E-state index in [0.29, 0.717) is 5.56 Å². The summed E-state index contributed by atoms with van der Waals surface area (Å²) in [5.74, 6) is 1.50. The van der Waals surface area contributed by atoms with Gasteiger partial charge in [0, 0.05) is 29.8 Å². The molecule has 5 nitrogen and oxygen atoms in total. The van der Waals surface area contributed by atoms with Gasteiger partial charge < -0.3 is 14.0 Å². The predicted octanol–water partition coefficient (Wildman–Crippen LogP) is 6.26. The lowest BCUT2D eigenvalue weighted by molar-refractivity contribution is 0.414. The van der Waals surface area contributed by atoms with Gasteiger partial charge >= 0.3 is 0 Å². The van der Waals surface area contributed by atoms with Gasteiger partial charge in [-0.25, -0.2) is 0 Å². The van der Waals surface area contributed by atoms with Gasteiger partial charge in [-0.2, -0.15) is 0 Å². The Morgan fingerprint density at radius 1 is 0.743 bits per heavy atom. The van der Waals surface area contributed by atoms with E-state index in [1.54, 1.807) is 25.0 Å². The van der Waals surface area contributed by atoms with E-state index in [1.165, 1.54) is 0 Å². The maximum absolute atomic E-state index is 13.9. The number of rotatable bonds is 5. The number of benzene rings is 3. The van der Waals surface area contributed by atoms with Gasteiger partial charge in [0.25, 0.3) is 5.56 Å². The molecular formula is C30H26N2O3. The topological polar surface area (TPSA) is 53.4 Å². The number of nitrogens with zero attached hydrogens (tertiary/aromatic N) is 2. The van der Waals surface area contributed by atoms with Crippen molar-refractivity contribution in [2.45, 2.75) is 6.92 Å². The van der Waals surface area contributed by atoms with Crippen LogP contribution in [0.5, 0.6) is 11.5 Å². The first-order chi connectivity index (χ1) is 17.0. The van der Waals surface area contributed by atoms with Crippen molar-refractivity contribution in [2.24, 2.45) is 7.05 Å². The highest BCUT2D eigenvalue weighted by Gasteiger charge is 2.22. The van der Waals surface area contributed by atoms with Gasteiger partial charge in [0.15, 0.2) is 0 Å². The zero-order chi connectivity index (χ0) is 24.5. The Morgan fingerprint density at radius 3 is 1.91 bits per heavy atom. The Hall–Kier alpha value is -4.38. The first kappa shape index (κ1) is 22.4. The lowest BCUT2D eigenvalue weighted by Crippen LogP contribution is -2.20. The van der Waals surface area contributed by atoms with Crippen molar-refractivity contribution in [2.75, 3.05) is 14.2 Å². The lowest BCUT2D eigenvalue weighted by atomic mass is 9.88. The highest BCUT2D eigenvalue weighted by atomic mass is 16.5. The highest BCUT2D eigenvalue weighted by molar-refractivity contribution is 6.09. The summed E-state index contributed by atoms with van der Waals surface area (Å²) in [6, 6.07) is 25.5. The zero-order valence-corrected chi connectivity index (χ0v) is 20.2. The monoisotopic (exact) mass is 462 g/mol. The van der Waals surface area contributed by atoms with Crippen LogP contribution in [0.25, 0.3) is 44.4 Å². The number of hydrogen-bond donors (Lipinski definition) is 0. The minimum Gasteiger partial charge on any atom is -0.497 e. The largest absolute Gasteiger partial charge is 0.497 e. The van der Waals surface area contributed by atoms with Crippen LogP contribution in [0.2, 0.25) is 0 Å². The number of pyridine rings is 2. The molecule has 2 aromatic heterocycles. The summed E-state index contributed by atoms with van der Waals surface area (Å²) in [6.07, 6.45) is 1.81. The van der Waals surface area contributed by atoms with Crippen LogP contribution in [-0.4, -0.2) is 23.8 Å². The molecule has 0 radical (unpaired) electrons. The van der Waals surface area contributed by atoms with Gasteiger partial charge in [-0.1, -0.05) is 42.5 Å². The molecule has 5 rings (SSSR count). The van der Waals surface area contributed by atoms with Crippen molar-refractivity contribution >= 4 is 10.9 Å². The van der Waals surface area contributed by atoms with Crippen molar-refractivity contribution in [1.82, 2.24) is 9.55 Å². The summed E-state index contributed by atoms with van der Waals surface area (Å²) in [7, 11) is 5.10. The molecule has 0 amide bonds. The molecule has 0 aliphatic carbocycles. The van der Waals surface area contributed by atoms with E-state index in [1.807, 2.05) is 73.8 Å². The molecule has 0 unspecified atom stereocenters. The number of fused-ring (bicyclic) bond motifs is 1. The molecule has 2 heterocycles. The quantitative estimate of drug-likeness (QED) is 0.309. The molecule has 0 saturated heterocycles. The third-order valence-corrected chi connectivity index (χ3v) is 6.44. The number of hydrogen-bond acceptors (Lipinski definition) is 4.